The monoisotopic (exact) mass is 223 g/mol. The summed E-state index contributed by atoms with van der Waals surface area (Å²) in [6, 6.07) is 2.36. The van der Waals surface area contributed by atoms with Crippen LogP contribution in [0.15, 0.2) is 12.1 Å². The second-order valence-corrected chi connectivity index (χ2v) is 3.58. The Morgan fingerprint density at radius 2 is 2.38 bits per heavy atom. The van der Waals surface area contributed by atoms with E-state index in [1.165, 1.54) is 0 Å². The third-order valence-corrected chi connectivity index (χ3v) is 2.68. The standard InChI is InChI=1S/C11H13NO4/c1-15-8-3-2-6(9(12)11(13)14)7-4-5-16-10(7)8/h2-3,9H,4-5,12H2,1H3,(H,13,14). The average molecular weight is 223 g/mol. The van der Waals surface area contributed by atoms with E-state index in [1.807, 2.05) is 0 Å². The van der Waals surface area contributed by atoms with Gasteiger partial charge in [-0.25, -0.2) is 0 Å². The number of aliphatic carboxylic acids is 1. The molecule has 0 bridgehead atoms. The van der Waals surface area contributed by atoms with Gasteiger partial charge < -0.3 is 20.3 Å². The van der Waals surface area contributed by atoms with Gasteiger partial charge in [0.1, 0.15) is 6.04 Å². The van der Waals surface area contributed by atoms with Gasteiger partial charge in [0.05, 0.1) is 13.7 Å². The van der Waals surface area contributed by atoms with Crippen LogP contribution in [0.1, 0.15) is 17.2 Å². The van der Waals surface area contributed by atoms with E-state index in [0.29, 0.717) is 30.1 Å². The smallest absolute Gasteiger partial charge is 0.325 e. The zero-order chi connectivity index (χ0) is 11.7. The summed E-state index contributed by atoms with van der Waals surface area (Å²) in [5.41, 5.74) is 7.05. The molecule has 0 amide bonds. The molecule has 1 aliphatic heterocycles. The number of hydrogen-bond donors (Lipinski definition) is 2. The predicted octanol–water partition coefficient (Wildman–Crippen LogP) is 0.715. The topological polar surface area (TPSA) is 81.8 Å². The Labute approximate surface area is 92.8 Å². The number of carboxylic acids is 1. The molecule has 86 valence electrons. The number of ether oxygens (including phenoxy) is 2. The van der Waals surface area contributed by atoms with Gasteiger partial charge in [-0.2, -0.15) is 0 Å². The summed E-state index contributed by atoms with van der Waals surface area (Å²) in [7, 11) is 1.55. The number of benzene rings is 1. The first-order valence-electron chi connectivity index (χ1n) is 4.96. The van der Waals surface area contributed by atoms with E-state index >= 15 is 0 Å². The van der Waals surface area contributed by atoms with Crippen molar-refractivity contribution in [3.63, 3.8) is 0 Å². The summed E-state index contributed by atoms with van der Waals surface area (Å²) >= 11 is 0. The Hall–Kier alpha value is -1.75. The molecular formula is C11H13NO4. The number of fused-ring (bicyclic) bond motifs is 1. The number of carbonyl (C=O) groups is 1. The zero-order valence-corrected chi connectivity index (χ0v) is 8.90. The van der Waals surface area contributed by atoms with Gasteiger partial charge in [-0.3, -0.25) is 4.79 Å². The molecule has 3 N–H and O–H groups in total. The van der Waals surface area contributed by atoms with E-state index < -0.39 is 12.0 Å². The van der Waals surface area contributed by atoms with Crippen molar-refractivity contribution in [2.45, 2.75) is 12.5 Å². The molecule has 1 aromatic carbocycles. The van der Waals surface area contributed by atoms with Gasteiger partial charge in [-0.05, 0) is 11.6 Å². The number of nitrogens with two attached hydrogens (primary N) is 1. The third-order valence-electron chi connectivity index (χ3n) is 2.68. The normalized spacial score (nSPS) is 15.1. The van der Waals surface area contributed by atoms with Crippen molar-refractivity contribution in [1.29, 1.82) is 0 Å². The van der Waals surface area contributed by atoms with Crippen LogP contribution in [0, 0.1) is 0 Å². The van der Waals surface area contributed by atoms with Crippen molar-refractivity contribution >= 4 is 5.97 Å². The lowest BCUT2D eigenvalue weighted by Crippen LogP contribution is -2.21. The van der Waals surface area contributed by atoms with Gasteiger partial charge in [0.15, 0.2) is 11.5 Å². The van der Waals surface area contributed by atoms with Crippen molar-refractivity contribution in [3.05, 3.63) is 23.3 Å². The van der Waals surface area contributed by atoms with Gasteiger partial charge in [-0.15, -0.1) is 0 Å². The Balaban J connectivity index is 2.49. The van der Waals surface area contributed by atoms with E-state index in [-0.39, 0.29) is 0 Å². The molecular weight excluding hydrogens is 210 g/mol. The largest absolute Gasteiger partial charge is 0.493 e. The van der Waals surface area contributed by atoms with Crippen LogP contribution in [0.4, 0.5) is 0 Å². The van der Waals surface area contributed by atoms with Crippen LogP contribution in [-0.2, 0) is 11.2 Å². The SMILES string of the molecule is COc1ccc(C(N)C(=O)O)c2c1OCC2. The predicted molar refractivity (Wildman–Crippen MR) is 56.8 cm³/mol. The van der Waals surface area contributed by atoms with Crippen LogP contribution in [0.2, 0.25) is 0 Å². The Kier molecular flexibility index (Phi) is 2.70. The van der Waals surface area contributed by atoms with Crippen LogP contribution in [0.25, 0.3) is 0 Å². The van der Waals surface area contributed by atoms with Gasteiger partial charge in [0.25, 0.3) is 0 Å². The van der Waals surface area contributed by atoms with Gasteiger partial charge in [-0.1, -0.05) is 6.07 Å². The second kappa shape index (κ2) is 4.02. The number of carboxylic acid groups (broad SMARTS) is 1. The maximum absolute atomic E-state index is 10.9. The van der Waals surface area contributed by atoms with Crippen LogP contribution in [0.5, 0.6) is 11.5 Å². The molecule has 0 fully saturated rings. The maximum atomic E-state index is 10.9. The first-order valence-corrected chi connectivity index (χ1v) is 4.96. The van der Waals surface area contributed by atoms with Crippen LogP contribution in [-0.4, -0.2) is 24.8 Å². The molecule has 0 saturated carbocycles. The summed E-state index contributed by atoms with van der Waals surface area (Å²) in [5.74, 6) is 0.199. The molecule has 0 aromatic heterocycles. The molecule has 5 heteroatoms. The molecule has 1 atom stereocenters. The van der Waals surface area contributed by atoms with E-state index in [9.17, 15) is 4.79 Å². The minimum absolute atomic E-state index is 0.537. The molecule has 5 nitrogen and oxygen atoms in total. The third kappa shape index (κ3) is 1.59. The fourth-order valence-corrected chi connectivity index (χ4v) is 1.88. The Bertz CT molecular complexity index is 430. The highest BCUT2D eigenvalue weighted by Gasteiger charge is 2.26. The highest BCUT2D eigenvalue weighted by Crippen LogP contribution is 2.39. The number of hydrogen-bond acceptors (Lipinski definition) is 4. The lowest BCUT2D eigenvalue weighted by Gasteiger charge is -2.13. The van der Waals surface area contributed by atoms with E-state index in [0.717, 1.165) is 5.56 Å². The van der Waals surface area contributed by atoms with Crippen LogP contribution >= 0.6 is 0 Å². The average Bonchev–Trinajstić information content (AvgIpc) is 2.75. The fourth-order valence-electron chi connectivity index (χ4n) is 1.88. The molecule has 2 rings (SSSR count). The summed E-state index contributed by atoms with van der Waals surface area (Å²) in [6.45, 7) is 0.537. The van der Waals surface area contributed by atoms with E-state index in [2.05, 4.69) is 0 Å². The summed E-state index contributed by atoms with van der Waals surface area (Å²) < 4.78 is 10.6. The number of methoxy groups -OCH3 is 1. The Morgan fingerprint density at radius 3 is 3.00 bits per heavy atom. The molecule has 0 saturated heterocycles. The molecule has 1 aliphatic rings. The fraction of sp³-hybridized carbons (Fsp3) is 0.364. The van der Waals surface area contributed by atoms with Gasteiger partial charge in [0, 0.05) is 12.0 Å². The van der Waals surface area contributed by atoms with Gasteiger partial charge >= 0.3 is 5.97 Å². The minimum Gasteiger partial charge on any atom is -0.493 e. The maximum Gasteiger partial charge on any atom is 0.325 e. The molecule has 0 spiro atoms. The first-order chi connectivity index (χ1) is 7.65. The molecule has 0 radical (unpaired) electrons. The number of rotatable bonds is 3. The lowest BCUT2D eigenvalue weighted by molar-refractivity contribution is -0.138. The Morgan fingerprint density at radius 1 is 1.62 bits per heavy atom. The van der Waals surface area contributed by atoms with Gasteiger partial charge in [0.2, 0.25) is 0 Å². The van der Waals surface area contributed by atoms with Crippen molar-refractivity contribution in [2.75, 3.05) is 13.7 Å². The van der Waals surface area contributed by atoms with Crippen molar-refractivity contribution < 1.29 is 19.4 Å². The minimum atomic E-state index is -1.04. The zero-order valence-electron chi connectivity index (χ0n) is 8.90. The second-order valence-electron chi connectivity index (χ2n) is 3.58. The van der Waals surface area contributed by atoms with E-state index in [1.54, 1.807) is 19.2 Å². The first kappa shape index (κ1) is 10.8. The quantitative estimate of drug-likeness (QED) is 0.788. The summed E-state index contributed by atoms with van der Waals surface area (Å²) in [5, 5.41) is 8.90. The van der Waals surface area contributed by atoms with Crippen LogP contribution < -0.4 is 15.2 Å². The highest BCUT2D eigenvalue weighted by molar-refractivity contribution is 5.76. The lowest BCUT2D eigenvalue weighted by atomic mass is 9.98. The summed E-state index contributed by atoms with van der Waals surface area (Å²) in [6.07, 6.45) is 0.669. The molecule has 1 unspecified atom stereocenters. The highest BCUT2D eigenvalue weighted by atomic mass is 16.5. The van der Waals surface area contributed by atoms with E-state index in [4.69, 9.17) is 20.3 Å². The van der Waals surface area contributed by atoms with Crippen molar-refractivity contribution in [1.82, 2.24) is 0 Å². The van der Waals surface area contributed by atoms with Crippen molar-refractivity contribution in [3.8, 4) is 11.5 Å². The summed E-state index contributed by atoms with van der Waals surface area (Å²) in [4.78, 5) is 10.9. The van der Waals surface area contributed by atoms with Crippen LogP contribution in [0.3, 0.4) is 0 Å². The molecule has 16 heavy (non-hydrogen) atoms. The molecule has 1 aromatic rings. The molecule has 1 heterocycles. The van der Waals surface area contributed by atoms with Crippen molar-refractivity contribution in [2.24, 2.45) is 5.73 Å². The molecule has 0 aliphatic carbocycles.